The minimum absolute atomic E-state index is 0.0499. The number of ether oxygens (including phenoxy) is 2. The van der Waals surface area contributed by atoms with Gasteiger partial charge in [0.05, 0.1) is 26.4 Å². The molecule has 4 heteroatoms. The van der Waals surface area contributed by atoms with Crippen LogP contribution in [0.2, 0.25) is 0 Å². The molecule has 1 saturated heterocycles. The highest BCUT2D eigenvalue weighted by Crippen LogP contribution is 2.33. The number of hydrogen-bond donors (Lipinski definition) is 2. The molecule has 0 saturated carbocycles. The van der Waals surface area contributed by atoms with Gasteiger partial charge in [-0.25, -0.2) is 0 Å². The van der Waals surface area contributed by atoms with Crippen molar-refractivity contribution in [3.05, 3.63) is 23.8 Å². The Kier molecular flexibility index (Phi) is 3.08. The van der Waals surface area contributed by atoms with Crippen molar-refractivity contribution in [3.8, 4) is 11.5 Å². The zero-order chi connectivity index (χ0) is 10.7. The lowest BCUT2D eigenvalue weighted by molar-refractivity contribution is 0.0759. The van der Waals surface area contributed by atoms with Gasteiger partial charge in [0.2, 0.25) is 0 Å². The second kappa shape index (κ2) is 4.51. The van der Waals surface area contributed by atoms with Gasteiger partial charge in [0, 0.05) is 12.1 Å². The fourth-order valence-corrected chi connectivity index (χ4v) is 1.75. The fraction of sp³-hybridized carbons (Fsp3) is 0.455. The first-order valence-electron chi connectivity index (χ1n) is 5.00. The smallest absolute Gasteiger partial charge is 0.162 e. The van der Waals surface area contributed by atoms with E-state index >= 15 is 0 Å². The minimum Gasteiger partial charge on any atom is -0.504 e. The van der Waals surface area contributed by atoms with Crippen molar-refractivity contribution < 1.29 is 14.6 Å². The van der Waals surface area contributed by atoms with Gasteiger partial charge in [-0.2, -0.15) is 0 Å². The molecular weight excluding hydrogens is 194 g/mol. The maximum Gasteiger partial charge on any atom is 0.162 e. The van der Waals surface area contributed by atoms with Gasteiger partial charge < -0.3 is 19.9 Å². The second-order valence-corrected chi connectivity index (χ2v) is 3.48. The summed E-state index contributed by atoms with van der Waals surface area (Å²) in [7, 11) is 1.55. The van der Waals surface area contributed by atoms with Gasteiger partial charge in [-0.1, -0.05) is 12.1 Å². The molecule has 2 N–H and O–H groups in total. The van der Waals surface area contributed by atoms with Gasteiger partial charge >= 0.3 is 0 Å². The average Bonchev–Trinajstić information content (AvgIpc) is 2.30. The van der Waals surface area contributed by atoms with Crippen LogP contribution in [0.5, 0.6) is 11.5 Å². The summed E-state index contributed by atoms with van der Waals surface area (Å²) in [5, 5.41) is 13.2. The van der Waals surface area contributed by atoms with Gasteiger partial charge in [-0.3, -0.25) is 0 Å². The summed E-state index contributed by atoms with van der Waals surface area (Å²) in [5.74, 6) is 0.697. The number of methoxy groups -OCH3 is 1. The molecule has 0 aliphatic carbocycles. The second-order valence-electron chi connectivity index (χ2n) is 3.48. The molecular formula is C11H15NO3. The highest BCUT2D eigenvalue weighted by Gasteiger charge is 2.19. The quantitative estimate of drug-likeness (QED) is 0.764. The molecule has 1 heterocycles. The van der Waals surface area contributed by atoms with Gasteiger partial charge in [0.15, 0.2) is 11.5 Å². The van der Waals surface area contributed by atoms with Crippen molar-refractivity contribution in [1.29, 1.82) is 0 Å². The summed E-state index contributed by atoms with van der Waals surface area (Å²) in [6.07, 6.45) is 0. The summed E-state index contributed by atoms with van der Waals surface area (Å²) >= 11 is 0. The standard InChI is InChI=1S/C11H15NO3/c1-14-10-4-2-3-8(11(10)13)9-7-15-6-5-12-9/h2-4,9,12-13H,5-7H2,1H3. The van der Waals surface area contributed by atoms with Gasteiger partial charge in [0.25, 0.3) is 0 Å². The number of benzene rings is 1. The van der Waals surface area contributed by atoms with Crippen LogP contribution in [0.1, 0.15) is 11.6 Å². The number of rotatable bonds is 2. The lowest BCUT2D eigenvalue weighted by atomic mass is 10.1. The lowest BCUT2D eigenvalue weighted by Gasteiger charge is -2.25. The van der Waals surface area contributed by atoms with Crippen LogP contribution >= 0.6 is 0 Å². The maximum absolute atomic E-state index is 9.92. The lowest BCUT2D eigenvalue weighted by Crippen LogP contribution is -2.34. The zero-order valence-electron chi connectivity index (χ0n) is 8.69. The molecule has 15 heavy (non-hydrogen) atoms. The van der Waals surface area contributed by atoms with Crippen LogP contribution in [-0.2, 0) is 4.74 Å². The predicted molar refractivity (Wildman–Crippen MR) is 56.2 cm³/mol. The van der Waals surface area contributed by atoms with Crippen LogP contribution in [0.3, 0.4) is 0 Å². The van der Waals surface area contributed by atoms with Crippen LogP contribution in [-0.4, -0.2) is 32.0 Å². The molecule has 1 fully saturated rings. The summed E-state index contributed by atoms with van der Waals surface area (Å²) in [5.41, 5.74) is 0.828. The van der Waals surface area contributed by atoms with Crippen molar-refractivity contribution in [1.82, 2.24) is 5.32 Å². The third-order valence-corrected chi connectivity index (χ3v) is 2.55. The van der Waals surface area contributed by atoms with Gasteiger partial charge in [-0.15, -0.1) is 0 Å². The predicted octanol–water partition coefficient (Wildman–Crippen LogP) is 1.06. The van der Waals surface area contributed by atoms with Crippen LogP contribution in [0, 0.1) is 0 Å². The van der Waals surface area contributed by atoms with Crippen LogP contribution in [0.25, 0.3) is 0 Å². The molecule has 1 unspecified atom stereocenters. The van der Waals surface area contributed by atoms with Crippen molar-refractivity contribution in [2.45, 2.75) is 6.04 Å². The van der Waals surface area contributed by atoms with E-state index in [2.05, 4.69) is 5.32 Å². The summed E-state index contributed by atoms with van der Waals surface area (Å²) < 4.78 is 10.4. The van der Waals surface area contributed by atoms with Crippen LogP contribution in [0.15, 0.2) is 18.2 Å². The molecule has 0 spiro atoms. The number of morpholine rings is 1. The van der Waals surface area contributed by atoms with Crippen LogP contribution in [0.4, 0.5) is 0 Å². The third-order valence-electron chi connectivity index (χ3n) is 2.55. The summed E-state index contributed by atoms with van der Waals surface area (Å²) in [4.78, 5) is 0. The van der Waals surface area contributed by atoms with E-state index in [0.29, 0.717) is 12.4 Å². The van der Waals surface area contributed by atoms with E-state index in [1.807, 2.05) is 12.1 Å². The Morgan fingerprint density at radius 2 is 2.40 bits per heavy atom. The molecule has 82 valence electrons. The Balaban J connectivity index is 2.26. The Hall–Kier alpha value is -1.26. The minimum atomic E-state index is 0.0499. The number of aromatic hydroxyl groups is 1. The monoisotopic (exact) mass is 209 g/mol. The van der Waals surface area contributed by atoms with E-state index in [9.17, 15) is 5.11 Å². The normalized spacial score (nSPS) is 21.3. The SMILES string of the molecule is COc1cccc(C2COCCN2)c1O. The zero-order valence-corrected chi connectivity index (χ0v) is 8.69. The van der Waals surface area contributed by atoms with Crippen molar-refractivity contribution in [2.24, 2.45) is 0 Å². The Morgan fingerprint density at radius 1 is 1.53 bits per heavy atom. The van der Waals surface area contributed by atoms with E-state index in [4.69, 9.17) is 9.47 Å². The number of phenols is 1. The molecule has 0 radical (unpaired) electrons. The fourth-order valence-electron chi connectivity index (χ4n) is 1.75. The maximum atomic E-state index is 9.92. The Bertz CT molecular complexity index is 335. The molecule has 0 bridgehead atoms. The van der Waals surface area contributed by atoms with Gasteiger partial charge in [0.1, 0.15) is 0 Å². The van der Waals surface area contributed by atoms with Crippen molar-refractivity contribution in [2.75, 3.05) is 26.9 Å². The number of para-hydroxylation sites is 1. The summed E-state index contributed by atoms with van der Waals surface area (Å²) in [6.45, 7) is 2.11. The largest absolute Gasteiger partial charge is 0.504 e. The first-order chi connectivity index (χ1) is 7.33. The average molecular weight is 209 g/mol. The molecule has 4 nitrogen and oxygen atoms in total. The molecule has 1 aromatic rings. The molecule has 0 aromatic heterocycles. The van der Waals surface area contributed by atoms with E-state index in [1.54, 1.807) is 13.2 Å². The molecule has 2 rings (SSSR count). The van der Waals surface area contributed by atoms with E-state index < -0.39 is 0 Å². The first-order valence-corrected chi connectivity index (χ1v) is 5.00. The van der Waals surface area contributed by atoms with E-state index in [-0.39, 0.29) is 11.8 Å². The molecule has 1 aliphatic heterocycles. The summed E-state index contributed by atoms with van der Waals surface area (Å²) in [6, 6.07) is 5.53. The number of phenolic OH excluding ortho intramolecular Hbond substituents is 1. The molecule has 1 aromatic carbocycles. The van der Waals surface area contributed by atoms with Crippen molar-refractivity contribution >= 4 is 0 Å². The Morgan fingerprint density at radius 3 is 3.07 bits per heavy atom. The molecule has 0 amide bonds. The topological polar surface area (TPSA) is 50.7 Å². The number of hydrogen-bond acceptors (Lipinski definition) is 4. The highest BCUT2D eigenvalue weighted by atomic mass is 16.5. The molecule has 1 aliphatic rings. The highest BCUT2D eigenvalue weighted by molar-refractivity contribution is 5.47. The third kappa shape index (κ3) is 2.06. The molecule has 1 atom stereocenters. The van der Waals surface area contributed by atoms with Crippen molar-refractivity contribution in [3.63, 3.8) is 0 Å². The Labute approximate surface area is 88.8 Å². The first kappa shape index (κ1) is 10.3. The van der Waals surface area contributed by atoms with E-state index in [0.717, 1.165) is 18.7 Å². The van der Waals surface area contributed by atoms with Gasteiger partial charge in [-0.05, 0) is 6.07 Å². The van der Waals surface area contributed by atoms with E-state index in [1.165, 1.54) is 0 Å². The number of nitrogens with one attached hydrogen (secondary N) is 1. The van der Waals surface area contributed by atoms with Crippen LogP contribution < -0.4 is 10.1 Å².